The van der Waals surface area contributed by atoms with Crippen LogP contribution in [-0.2, 0) is 13.8 Å². The Kier molecular flexibility index (Phi) is 4.53. The quantitative estimate of drug-likeness (QED) is 0.852. The molecule has 0 aromatic heterocycles. The van der Waals surface area contributed by atoms with Crippen LogP contribution in [0.4, 0.5) is 4.39 Å². The van der Waals surface area contributed by atoms with Gasteiger partial charge in [0.1, 0.15) is 5.82 Å². The Morgan fingerprint density at radius 3 is 2.70 bits per heavy atom. The molecule has 1 aliphatic rings. The highest BCUT2D eigenvalue weighted by atomic mass is 35.7. The molecule has 1 fully saturated rings. The van der Waals surface area contributed by atoms with E-state index in [4.69, 9.17) is 27.0 Å². The lowest BCUT2D eigenvalue weighted by Gasteiger charge is -2.12. The fourth-order valence-corrected chi connectivity index (χ4v) is 2.75. The standard InChI is InChI=1S/C11H10Cl2FNO4S/c12-10-8(11(16)15-6-1-2-19-5-6)3-7(4-9(10)14)20(13,17)18/h3-4,6H,1-2,5H2,(H,15,16). The SMILES string of the molecule is O=C(NC1CCOC1)c1cc(S(=O)(=O)Cl)cc(F)c1Cl. The smallest absolute Gasteiger partial charge is 0.261 e. The first-order valence-corrected chi connectivity index (χ1v) is 8.30. The highest BCUT2D eigenvalue weighted by Crippen LogP contribution is 2.26. The second-order valence-electron chi connectivity index (χ2n) is 4.24. The number of hydrogen-bond donors (Lipinski definition) is 1. The molecule has 2 rings (SSSR count). The molecule has 0 bridgehead atoms. The Morgan fingerprint density at radius 1 is 1.45 bits per heavy atom. The summed E-state index contributed by atoms with van der Waals surface area (Å²) in [7, 11) is 0.984. The lowest BCUT2D eigenvalue weighted by Crippen LogP contribution is -2.35. The van der Waals surface area contributed by atoms with E-state index in [9.17, 15) is 17.6 Å². The van der Waals surface area contributed by atoms with Crippen LogP contribution in [0.2, 0.25) is 5.02 Å². The number of amides is 1. The minimum Gasteiger partial charge on any atom is -0.379 e. The molecule has 5 nitrogen and oxygen atoms in total. The molecule has 0 radical (unpaired) electrons. The van der Waals surface area contributed by atoms with Gasteiger partial charge in [0, 0.05) is 17.3 Å². The Labute approximate surface area is 124 Å². The van der Waals surface area contributed by atoms with Crippen LogP contribution >= 0.6 is 22.3 Å². The van der Waals surface area contributed by atoms with Gasteiger partial charge in [-0.2, -0.15) is 0 Å². The number of halogens is 3. The molecular formula is C11H10Cl2FNO4S. The maximum Gasteiger partial charge on any atom is 0.261 e. The third kappa shape index (κ3) is 3.41. The number of rotatable bonds is 3. The predicted molar refractivity (Wildman–Crippen MR) is 71.1 cm³/mol. The van der Waals surface area contributed by atoms with Crippen molar-refractivity contribution in [2.75, 3.05) is 13.2 Å². The normalized spacial score (nSPS) is 19.1. The lowest BCUT2D eigenvalue weighted by molar-refractivity contribution is 0.0929. The van der Waals surface area contributed by atoms with Crippen LogP contribution in [0, 0.1) is 5.82 Å². The van der Waals surface area contributed by atoms with Gasteiger partial charge in [-0.25, -0.2) is 12.8 Å². The van der Waals surface area contributed by atoms with Crippen molar-refractivity contribution in [2.45, 2.75) is 17.4 Å². The van der Waals surface area contributed by atoms with Gasteiger partial charge < -0.3 is 10.1 Å². The minimum absolute atomic E-state index is 0.210. The van der Waals surface area contributed by atoms with Gasteiger partial charge in [-0.15, -0.1) is 0 Å². The van der Waals surface area contributed by atoms with E-state index >= 15 is 0 Å². The molecule has 0 spiro atoms. The van der Waals surface area contributed by atoms with E-state index in [0.29, 0.717) is 25.7 Å². The van der Waals surface area contributed by atoms with Crippen molar-refractivity contribution in [1.82, 2.24) is 5.32 Å². The number of benzene rings is 1. The molecule has 0 aliphatic carbocycles. The van der Waals surface area contributed by atoms with E-state index in [0.717, 1.165) is 6.07 Å². The zero-order valence-electron chi connectivity index (χ0n) is 10.0. The Balaban J connectivity index is 2.34. The summed E-state index contributed by atoms with van der Waals surface area (Å²) in [6, 6.07) is 1.40. The summed E-state index contributed by atoms with van der Waals surface area (Å²) in [5, 5.41) is 2.14. The summed E-state index contributed by atoms with van der Waals surface area (Å²) in [5.74, 6) is -1.70. The van der Waals surface area contributed by atoms with Crippen molar-refractivity contribution < 1.29 is 22.3 Å². The van der Waals surface area contributed by atoms with Crippen LogP contribution in [-0.4, -0.2) is 33.6 Å². The first-order valence-electron chi connectivity index (χ1n) is 5.61. The summed E-state index contributed by atoms with van der Waals surface area (Å²) in [6.45, 7) is 0.864. The van der Waals surface area contributed by atoms with Gasteiger partial charge in [-0.1, -0.05) is 11.6 Å². The molecule has 1 amide bonds. The summed E-state index contributed by atoms with van der Waals surface area (Å²) in [4.78, 5) is 11.5. The molecular weight excluding hydrogens is 332 g/mol. The average molecular weight is 342 g/mol. The molecule has 1 unspecified atom stereocenters. The van der Waals surface area contributed by atoms with Crippen molar-refractivity contribution in [3.05, 3.63) is 28.5 Å². The Bertz CT molecular complexity index is 644. The van der Waals surface area contributed by atoms with E-state index in [2.05, 4.69) is 5.32 Å². The number of nitrogens with one attached hydrogen (secondary N) is 1. The summed E-state index contributed by atoms with van der Waals surface area (Å²) < 4.78 is 41.1. The highest BCUT2D eigenvalue weighted by Gasteiger charge is 2.24. The minimum atomic E-state index is -4.16. The van der Waals surface area contributed by atoms with Gasteiger partial charge in [0.15, 0.2) is 0 Å². The van der Waals surface area contributed by atoms with E-state index in [1.807, 2.05) is 0 Å². The van der Waals surface area contributed by atoms with Crippen molar-refractivity contribution in [3.63, 3.8) is 0 Å². The van der Waals surface area contributed by atoms with E-state index < -0.39 is 30.7 Å². The number of carbonyl (C=O) groups excluding carboxylic acids is 1. The van der Waals surface area contributed by atoms with E-state index in [-0.39, 0.29) is 11.6 Å². The molecule has 20 heavy (non-hydrogen) atoms. The van der Waals surface area contributed by atoms with Crippen molar-refractivity contribution in [1.29, 1.82) is 0 Å². The molecule has 0 saturated carbocycles. The fourth-order valence-electron chi connectivity index (χ4n) is 1.78. The first-order chi connectivity index (χ1) is 9.29. The Morgan fingerprint density at radius 2 is 2.15 bits per heavy atom. The number of carbonyl (C=O) groups is 1. The average Bonchev–Trinajstić information content (AvgIpc) is 2.83. The summed E-state index contributed by atoms with van der Waals surface area (Å²) >= 11 is 5.69. The third-order valence-electron chi connectivity index (χ3n) is 2.79. The number of hydrogen-bond acceptors (Lipinski definition) is 4. The third-order valence-corrected chi connectivity index (χ3v) is 4.51. The maximum absolute atomic E-state index is 13.6. The van der Waals surface area contributed by atoms with Gasteiger partial charge in [0.25, 0.3) is 15.0 Å². The van der Waals surface area contributed by atoms with Crippen molar-refractivity contribution >= 4 is 37.2 Å². The molecule has 1 aromatic rings. The van der Waals surface area contributed by atoms with Crippen LogP contribution in [0.25, 0.3) is 0 Å². The second-order valence-corrected chi connectivity index (χ2v) is 7.18. The van der Waals surface area contributed by atoms with E-state index in [1.165, 1.54) is 0 Å². The monoisotopic (exact) mass is 341 g/mol. The first kappa shape index (κ1) is 15.5. The number of ether oxygens (including phenoxy) is 1. The topological polar surface area (TPSA) is 72.5 Å². The summed E-state index contributed by atoms with van der Waals surface area (Å²) in [6.07, 6.45) is 0.624. The zero-order chi connectivity index (χ0) is 14.9. The second kappa shape index (κ2) is 5.85. The predicted octanol–water partition coefficient (Wildman–Crippen LogP) is 1.93. The lowest BCUT2D eigenvalue weighted by atomic mass is 10.1. The molecule has 9 heteroatoms. The molecule has 1 heterocycles. The molecule has 1 aliphatic heterocycles. The summed E-state index contributed by atoms with van der Waals surface area (Å²) in [5.41, 5.74) is -0.280. The highest BCUT2D eigenvalue weighted by molar-refractivity contribution is 8.13. The molecule has 1 N–H and O–H groups in total. The van der Waals surface area contributed by atoms with Gasteiger partial charge in [0.05, 0.1) is 28.1 Å². The Hall–Kier alpha value is -0.890. The molecule has 1 saturated heterocycles. The van der Waals surface area contributed by atoms with Crippen LogP contribution in [0.5, 0.6) is 0 Å². The maximum atomic E-state index is 13.6. The molecule has 110 valence electrons. The van der Waals surface area contributed by atoms with Gasteiger partial charge >= 0.3 is 0 Å². The van der Waals surface area contributed by atoms with Gasteiger partial charge in [-0.05, 0) is 18.6 Å². The van der Waals surface area contributed by atoms with Crippen molar-refractivity contribution in [2.24, 2.45) is 0 Å². The molecule has 1 aromatic carbocycles. The van der Waals surface area contributed by atoms with E-state index in [1.54, 1.807) is 0 Å². The zero-order valence-corrected chi connectivity index (χ0v) is 12.4. The van der Waals surface area contributed by atoms with Gasteiger partial charge in [-0.3, -0.25) is 4.79 Å². The van der Waals surface area contributed by atoms with Crippen LogP contribution in [0.3, 0.4) is 0 Å². The van der Waals surface area contributed by atoms with Crippen molar-refractivity contribution in [3.8, 4) is 0 Å². The van der Waals surface area contributed by atoms with Crippen LogP contribution < -0.4 is 5.32 Å². The fraction of sp³-hybridized carbons (Fsp3) is 0.364. The largest absolute Gasteiger partial charge is 0.379 e. The van der Waals surface area contributed by atoms with Crippen LogP contribution in [0.1, 0.15) is 16.8 Å². The van der Waals surface area contributed by atoms with Crippen LogP contribution in [0.15, 0.2) is 17.0 Å². The molecule has 1 atom stereocenters. The van der Waals surface area contributed by atoms with Gasteiger partial charge in [0.2, 0.25) is 0 Å².